The molecular formula is C18H15ClN2O4. The number of esters is 1. The van der Waals surface area contributed by atoms with Gasteiger partial charge >= 0.3 is 5.97 Å². The highest BCUT2D eigenvalue weighted by atomic mass is 35.5. The van der Waals surface area contributed by atoms with E-state index in [9.17, 15) is 4.79 Å². The Labute approximate surface area is 149 Å². The largest absolute Gasteiger partial charge is 0.496 e. The number of carbonyl (C=O) groups excluding carboxylic acids is 1. The van der Waals surface area contributed by atoms with E-state index < -0.39 is 5.97 Å². The number of methoxy groups -OCH3 is 1. The van der Waals surface area contributed by atoms with Crippen molar-refractivity contribution in [3.63, 3.8) is 0 Å². The van der Waals surface area contributed by atoms with Gasteiger partial charge in [-0.25, -0.2) is 4.79 Å². The van der Waals surface area contributed by atoms with Gasteiger partial charge in [0, 0.05) is 22.3 Å². The third kappa shape index (κ3) is 3.75. The predicted octanol–water partition coefficient (Wildman–Crippen LogP) is 3.94. The fourth-order valence-electron chi connectivity index (χ4n) is 2.30. The van der Waals surface area contributed by atoms with E-state index in [-0.39, 0.29) is 17.9 Å². The summed E-state index contributed by atoms with van der Waals surface area (Å²) in [5.74, 6) is 0.513. The lowest BCUT2D eigenvalue weighted by Gasteiger charge is -2.05. The number of benzene rings is 2. The van der Waals surface area contributed by atoms with Crippen molar-refractivity contribution < 1.29 is 18.8 Å². The van der Waals surface area contributed by atoms with Gasteiger partial charge in [-0.3, -0.25) is 0 Å². The van der Waals surface area contributed by atoms with Crippen LogP contribution in [-0.4, -0.2) is 18.2 Å². The lowest BCUT2D eigenvalue weighted by Crippen LogP contribution is -2.07. The van der Waals surface area contributed by atoms with Crippen molar-refractivity contribution in [2.45, 2.75) is 6.61 Å². The number of aromatic nitrogens is 1. The highest BCUT2D eigenvalue weighted by molar-refractivity contribution is 6.31. The van der Waals surface area contributed by atoms with Gasteiger partial charge in [-0.15, -0.1) is 0 Å². The minimum Gasteiger partial charge on any atom is -0.496 e. The molecule has 0 radical (unpaired) electrons. The van der Waals surface area contributed by atoms with Crippen LogP contribution in [0.5, 0.6) is 5.75 Å². The van der Waals surface area contributed by atoms with Gasteiger partial charge in [0.1, 0.15) is 11.4 Å². The van der Waals surface area contributed by atoms with E-state index in [0.717, 1.165) is 5.56 Å². The molecule has 3 rings (SSSR count). The van der Waals surface area contributed by atoms with Crippen molar-refractivity contribution in [2.24, 2.45) is 0 Å². The lowest BCUT2D eigenvalue weighted by atomic mass is 10.1. The van der Waals surface area contributed by atoms with Crippen LogP contribution in [0.15, 0.2) is 53.1 Å². The van der Waals surface area contributed by atoms with Crippen LogP contribution < -0.4 is 10.5 Å². The smallest absolute Gasteiger partial charge is 0.340 e. The molecular weight excluding hydrogens is 344 g/mol. The van der Waals surface area contributed by atoms with Crippen molar-refractivity contribution in [1.82, 2.24) is 5.16 Å². The zero-order valence-corrected chi connectivity index (χ0v) is 14.1. The number of carbonyl (C=O) groups is 1. The predicted molar refractivity (Wildman–Crippen MR) is 93.5 cm³/mol. The minimum atomic E-state index is -0.565. The summed E-state index contributed by atoms with van der Waals surface area (Å²) in [6, 6.07) is 13.7. The Kier molecular flexibility index (Phi) is 4.90. The Morgan fingerprint density at radius 2 is 2.04 bits per heavy atom. The van der Waals surface area contributed by atoms with Crippen LogP contribution >= 0.6 is 11.6 Å². The topological polar surface area (TPSA) is 87.6 Å². The van der Waals surface area contributed by atoms with Crippen molar-refractivity contribution in [3.8, 4) is 17.0 Å². The van der Waals surface area contributed by atoms with Crippen molar-refractivity contribution >= 4 is 23.3 Å². The Hall–Kier alpha value is -2.99. The van der Waals surface area contributed by atoms with E-state index in [4.69, 9.17) is 31.3 Å². The lowest BCUT2D eigenvalue weighted by molar-refractivity contribution is 0.0438. The van der Waals surface area contributed by atoms with Crippen molar-refractivity contribution in [1.29, 1.82) is 0 Å². The maximum Gasteiger partial charge on any atom is 0.340 e. The van der Waals surface area contributed by atoms with Gasteiger partial charge in [0.15, 0.2) is 12.4 Å². The summed E-state index contributed by atoms with van der Waals surface area (Å²) >= 11 is 5.81. The quantitative estimate of drug-likeness (QED) is 0.549. The molecule has 1 aromatic heterocycles. The molecule has 0 amide bonds. The second-order valence-electron chi connectivity index (χ2n) is 5.19. The van der Waals surface area contributed by atoms with Crippen LogP contribution in [0.2, 0.25) is 5.02 Å². The summed E-state index contributed by atoms with van der Waals surface area (Å²) in [6.45, 7) is -0.0664. The first kappa shape index (κ1) is 16.9. The molecule has 0 unspecified atom stereocenters. The number of para-hydroxylation sites is 1. The van der Waals surface area contributed by atoms with E-state index >= 15 is 0 Å². The van der Waals surface area contributed by atoms with E-state index in [1.807, 2.05) is 24.3 Å². The summed E-state index contributed by atoms with van der Waals surface area (Å²) in [5, 5.41) is 4.44. The second-order valence-corrected chi connectivity index (χ2v) is 5.62. The second kappa shape index (κ2) is 7.27. The van der Waals surface area contributed by atoms with Gasteiger partial charge in [0.25, 0.3) is 0 Å². The highest BCUT2D eigenvalue weighted by Crippen LogP contribution is 2.29. The Balaban J connectivity index is 1.70. The number of halogens is 1. The fourth-order valence-corrected chi connectivity index (χ4v) is 2.48. The van der Waals surface area contributed by atoms with Gasteiger partial charge in [-0.1, -0.05) is 28.9 Å². The van der Waals surface area contributed by atoms with Crippen molar-refractivity contribution in [3.05, 3.63) is 64.9 Å². The SMILES string of the molecule is COc1ccccc1-c1cc(COC(=O)c2ccc(Cl)cc2N)on1. The monoisotopic (exact) mass is 358 g/mol. The molecule has 6 nitrogen and oxygen atoms in total. The van der Waals surface area contributed by atoms with E-state index in [2.05, 4.69) is 5.16 Å². The van der Waals surface area contributed by atoms with Crippen molar-refractivity contribution in [2.75, 3.05) is 12.8 Å². The molecule has 2 N–H and O–H groups in total. The summed E-state index contributed by atoms with van der Waals surface area (Å²) in [6.07, 6.45) is 0. The van der Waals surface area contributed by atoms with Gasteiger partial charge in [0.05, 0.1) is 12.7 Å². The molecule has 0 atom stereocenters. The minimum absolute atomic E-state index is 0.0664. The molecule has 2 aromatic carbocycles. The number of hydrogen-bond donors (Lipinski definition) is 1. The Morgan fingerprint density at radius 3 is 2.80 bits per heavy atom. The number of rotatable bonds is 5. The van der Waals surface area contributed by atoms with Crippen LogP contribution in [0.3, 0.4) is 0 Å². The third-order valence-electron chi connectivity index (χ3n) is 3.52. The van der Waals surface area contributed by atoms with Crippen LogP contribution in [0.25, 0.3) is 11.3 Å². The molecule has 0 aliphatic carbocycles. The summed E-state index contributed by atoms with van der Waals surface area (Å²) in [4.78, 5) is 12.1. The molecule has 3 aromatic rings. The maximum atomic E-state index is 12.1. The first-order valence-corrected chi connectivity index (χ1v) is 7.77. The van der Waals surface area contributed by atoms with Crippen LogP contribution in [0.4, 0.5) is 5.69 Å². The fraction of sp³-hybridized carbons (Fsp3) is 0.111. The molecule has 1 heterocycles. The Morgan fingerprint density at radius 1 is 1.24 bits per heavy atom. The molecule has 0 aliphatic heterocycles. The highest BCUT2D eigenvalue weighted by Gasteiger charge is 2.15. The van der Waals surface area contributed by atoms with Crippen LogP contribution in [-0.2, 0) is 11.3 Å². The number of ether oxygens (including phenoxy) is 2. The molecule has 0 bridgehead atoms. The standard InChI is InChI=1S/C18H15ClN2O4/c1-23-17-5-3-2-4-14(17)16-9-12(25-21-16)10-24-18(22)13-7-6-11(19)8-15(13)20/h2-9H,10,20H2,1H3. The molecule has 0 saturated heterocycles. The van der Waals surface area contributed by atoms with E-state index in [0.29, 0.717) is 22.2 Å². The summed E-state index contributed by atoms with van der Waals surface area (Å²) < 4.78 is 15.7. The van der Waals surface area contributed by atoms with Gasteiger partial charge in [0.2, 0.25) is 0 Å². The molecule has 0 fully saturated rings. The Bertz CT molecular complexity index is 908. The molecule has 0 spiro atoms. The summed E-state index contributed by atoms with van der Waals surface area (Å²) in [7, 11) is 1.58. The van der Waals surface area contributed by atoms with E-state index in [1.165, 1.54) is 12.1 Å². The van der Waals surface area contributed by atoms with Crippen LogP contribution in [0, 0.1) is 0 Å². The number of hydrogen-bond acceptors (Lipinski definition) is 6. The molecule has 0 aliphatic rings. The first-order valence-electron chi connectivity index (χ1n) is 7.39. The molecule has 0 saturated carbocycles. The van der Waals surface area contributed by atoms with Gasteiger partial charge in [-0.05, 0) is 30.3 Å². The normalized spacial score (nSPS) is 10.5. The third-order valence-corrected chi connectivity index (χ3v) is 3.76. The zero-order chi connectivity index (χ0) is 17.8. The number of nitrogen functional groups attached to an aromatic ring is 1. The zero-order valence-electron chi connectivity index (χ0n) is 13.4. The number of nitrogens with zero attached hydrogens (tertiary/aromatic N) is 1. The molecule has 25 heavy (non-hydrogen) atoms. The summed E-state index contributed by atoms with van der Waals surface area (Å²) in [5.41, 5.74) is 7.64. The maximum absolute atomic E-state index is 12.1. The molecule has 128 valence electrons. The average molecular weight is 359 g/mol. The van der Waals surface area contributed by atoms with E-state index in [1.54, 1.807) is 19.2 Å². The first-order chi connectivity index (χ1) is 12.1. The molecule has 7 heteroatoms. The van der Waals surface area contributed by atoms with Crippen LogP contribution in [0.1, 0.15) is 16.1 Å². The van der Waals surface area contributed by atoms with Gasteiger partial charge < -0.3 is 19.7 Å². The number of anilines is 1. The van der Waals surface area contributed by atoms with Gasteiger partial charge in [-0.2, -0.15) is 0 Å². The average Bonchev–Trinajstić information content (AvgIpc) is 3.08. The number of nitrogens with two attached hydrogens (primary N) is 1.